The number of benzene rings is 3. The van der Waals surface area contributed by atoms with Crippen molar-refractivity contribution in [1.82, 2.24) is 0 Å². The van der Waals surface area contributed by atoms with Gasteiger partial charge in [0.25, 0.3) is 0 Å². The topological polar surface area (TPSA) is 51.2 Å². The summed E-state index contributed by atoms with van der Waals surface area (Å²) in [7, 11) is -0.547. The highest BCUT2D eigenvalue weighted by molar-refractivity contribution is 7.29. The smallest absolute Gasteiger partial charge is 0.201 e. The molecule has 0 amide bonds. The molecule has 0 spiro atoms. The fourth-order valence-corrected chi connectivity index (χ4v) is 4.53. The molecule has 0 bridgehead atoms. The molecule has 0 radical (unpaired) electrons. The minimum Gasteiger partial charge on any atom is -0.292 e. The summed E-state index contributed by atoms with van der Waals surface area (Å²) in [6.45, 7) is 7.34. The van der Waals surface area contributed by atoms with Crippen LogP contribution >= 0.6 is 8.46 Å². The van der Waals surface area contributed by atoms with Gasteiger partial charge in [0.1, 0.15) is 0 Å². The van der Waals surface area contributed by atoms with E-state index in [-0.39, 0.29) is 0 Å². The lowest BCUT2D eigenvalue weighted by Gasteiger charge is -2.27. The Kier molecular flexibility index (Phi) is 5.91. The highest BCUT2D eigenvalue weighted by Gasteiger charge is 2.50. The van der Waals surface area contributed by atoms with Crippen LogP contribution < -0.4 is 0 Å². The predicted molar refractivity (Wildman–Crippen MR) is 116 cm³/mol. The Bertz CT molecular complexity index is 996. The lowest BCUT2D eigenvalue weighted by Crippen LogP contribution is -2.40. The summed E-state index contributed by atoms with van der Waals surface area (Å²) in [4.78, 5) is 27.9. The van der Waals surface area contributed by atoms with E-state index in [4.69, 9.17) is 0 Å². The molecule has 3 nitrogen and oxygen atoms in total. The normalized spacial score (nSPS) is 11.4. The summed E-state index contributed by atoms with van der Waals surface area (Å²) in [5, 5.41) is -1.84. The van der Waals surface area contributed by atoms with E-state index in [1.165, 1.54) is 0 Å². The van der Waals surface area contributed by atoms with E-state index in [0.717, 1.165) is 22.3 Å². The van der Waals surface area contributed by atoms with Crippen LogP contribution in [0.5, 0.6) is 0 Å². The quantitative estimate of drug-likeness (QED) is 0.281. The summed E-state index contributed by atoms with van der Waals surface area (Å²) in [5.74, 6) is -0.882. The molecule has 0 saturated heterocycles. The van der Waals surface area contributed by atoms with Crippen molar-refractivity contribution < 1.29 is 14.2 Å². The number of Topliss-reactive ketones (excluding diaryl/α,β-unsaturated/α-hetero) is 2. The predicted octanol–water partition coefficient (Wildman–Crippen LogP) is 6.17. The van der Waals surface area contributed by atoms with Crippen molar-refractivity contribution in [1.29, 1.82) is 0 Å². The molecular formula is C25H23O3P. The molecule has 0 aliphatic heterocycles. The van der Waals surface area contributed by atoms with Crippen molar-refractivity contribution >= 4 is 20.0 Å². The molecule has 29 heavy (non-hydrogen) atoms. The number of carbonyl (C=O) groups excluding carboxylic acids is 2. The molecule has 0 heterocycles. The molecule has 0 aliphatic carbocycles. The zero-order valence-electron chi connectivity index (χ0n) is 17.0. The highest BCUT2D eigenvalue weighted by Crippen LogP contribution is 2.43. The van der Waals surface area contributed by atoms with Crippen molar-refractivity contribution in [3.63, 3.8) is 0 Å². The molecule has 0 saturated carbocycles. The van der Waals surface area contributed by atoms with Gasteiger partial charge in [-0.15, -0.1) is 0 Å². The second-order valence-electron chi connectivity index (χ2n) is 7.36. The monoisotopic (exact) mass is 402 g/mol. The lowest BCUT2D eigenvalue weighted by atomic mass is 9.79. The van der Waals surface area contributed by atoms with Crippen LogP contribution in [0.4, 0.5) is 0 Å². The maximum atomic E-state index is 13.9. The third-order valence-corrected chi connectivity index (χ3v) is 6.34. The average molecular weight is 402 g/mol. The Morgan fingerprint density at radius 3 is 1.34 bits per heavy atom. The van der Waals surface area contributed by atoms with Gasteiger partial charge in [0, 0.05) is 11.1 Å². The van der Waals surface area contributed by atoms with Crippen LogP contribution in [0.1, 0.15) is 48.5 Å². The minimum atomic E-state index is -1.84. The van der Waals surface area contributed by atoms with Gasteiger partial charge in [-0.05, 0) is 55.5 Å². The highest BCUT2D eigenvalue weighted by atomic mass is 31.1. The van der Waals surface area contributed by atoms with Gasteiger partial charge in [0.15, 0.2) is 20.0 Å². The van der Waals surface area contributed by atoms with Gasteiger partial charge in [-0.2, -0.15) is 0 Å². The molecule has 146 valence electrons. The van der Waals surface area contributed by atoms with Crippen molar-refractivity contribution in [2.75, 3.05) is 0 Å². The Labute approximate surface area is 173 Å². The minimum absolute atomic E-state index is 0.428. The SMILES string of the molecule is Cc1cccc(C)c1C(=O)C(P=O)(C(=O)c1c(C)cccc1C)c1ccccc1. The number of hydrogen-bond donors (Lipinski definition) is 0. The van der Waals surface area contributed by atoms with E-state index >= 15 is 0 Å². The lowest BCUT2D eigenvalue weighted by molar-refractivity contribution is 0.0831. The van der Waals surface area contributed by atoms with Crippen molar-refractivity contribution in [3.8, 4) is 0 Å². The van der Waals surface area contributed by atoms with Crippen LogP contribution in [-0.2, 0) is 9.72 Å². The van der Waals surface area contributed by atoms with Crippen LogP contribution in [0.15, 0.2) is 66.7 Å². The average Bonchev–Trinajstić information content (AvgIpc) is 2.69. The van der Waals surface area contributed by atoms with Crippen LogP contribution in [-0.4, -0.2) is 11.6 Å². The van der Waals surface area contributed by atoms with E-state index in [0.29, 0.717) is 16.7 Å². The summed E-state index contributed by atoms with van der Waals surface area (Å²) in [5.41, 5.74) is 4.35. The summed E-state index contributed by atoms with van der Waals surface area (Å²) >= 11 is 0. The Hall–Kier alpha value is -2.90. The first-order valence-electron chi connectivity index (χ1n) is 9.46. The van der Waals surface area contributed by atoms with E-state index in [1.54, 1.807) is 24.3 Å². The summed E-state index contributed by atoms with van der Waals surface area (Å²) in [6, 6.07) is 19.8. The van der Waals surface area contributed by atoms with Gasteiger partial charge in [-0.25, -0.2) is 0 Å². The van der Waals surface area contributed by atoms with Gasteiger partial charge >= 0.3 is 0 Å². The number of hydrogen-bond acceptors (Lipinski definition) is 3. The van der Waals surface area contributed by atoms with E-state index in [2.05, 4.69) is 0 Å². The Morgan fingerprint density at radius 1 is 0.621 bits per heavy atom. The zero-order chi connectivity index (χ0) is 21.2. The standard InChI is InChI=1S/C25H23O3P/c1-16-10-8-11-17(2)21(16)23(26)25(29-28,20-14-6-5-7-15-20)24(27)22-18(3)12-9-13-19(22)4/h5-15H,1-4H3. The van der Waals surface area contributed by atoms with Crippen molar-refractivity contribution in [2.45, 2.75) is 32.9 Å². The number of ketones is 2. The molecule has 3 rings (SSSR count). The van der Waals surface area contributed by atoms with Crippen LogP contribution in [0.3, 0.4) is 0 Å². The molecule has 3 aromatic carbocycles. The fourth-order valence-electron chi connectivity index (χ4n) is 3.89. The largest absolute Gasteiger partial charge is 0.292 e. The molecule has 0 unspecified atom stereocenters. The fraction of sp³-hybridized carbons (Fsp3) is 0.200. The van der Waals surface area contributed by atoms with Crippen LogP contribution in [0, 0.1) is 27.7 Å². The summed E-state index contributed by atoms with van der Waals surface area (Å²) in [6.07, 6.45) is 0. The zero-order valence-corrected chi connectivity index (χ0v) is 17.9. The third kappa shape index (κ3) is 3.47. The first-order valence-corrected chi connectivity index (χ1v) is 10.3. The molecule has 0 N–H and O–H groups in total. The number of rotatable bonds is 6. The van der Waals surface area contributed by atoms with Gasteiger partial charge in [0.05, 0.1) is 0 Å². The van der Waals surface area contributed by atoms with Gasteiger partial charge < -0.3 is 0 Å². The Morgan fingerprint density at radius 2 is 1.00 bits per heavy atom. The maximum Gasteiger partial charge on any atom is 0.201 e. The second-order valence-corrected chi connectivity index (χ2v) is 8.21. The van der Waals surface area contributed by atoms with E-state index < -0.39 is 25.2 Å². The van der Waals surface area contributed by atoms with Gasteiger partial charge in [-0.3, -0.25) is 14.2 Å². The maximum absolute atomic E-state index is 13.9. The first-order chi connectivity index (χ1) is 13.8. The summed E-state index contributed by atoms with van der Waals surface area (Å²) < 4.78 is 12.8. The molecular weight excluding hydrogens is 379 g/mol. The number of aryl methyl sites for hydroxylation is 4. The van der Waals surface area contributed by atoms with Gasteiger partial charge in [0.2, 0.25) is 5.16 Å². The molecule has 3 aromatic rings. The van der Waals surface area contributed by atoms with E-state index in [9.17, 15) is 14.2 Å². The molecule has 0 aromatic heterocycles. The molecule has 4 heteroatoms. The molecule has 0 fully saturated rings. The Balaban J connectivity index is 2.36. The van der Waals surface area contributed by atoms with Crippen LogP contribution in [0.25, 0.3) is 0 Å². The van der Waals surface area contributed by atoms with Crippen molar-refractivity contribution in [2.24, 2.45) is 0 Å². The first kappa shape index (κ1) is 20.8. The number of carbonyl (C=O) groups is 2. The third-order valence-electron chi connectivity index (χ3n) is 5.40. The van der Waals surface area contributed by atoms with Crippen molar-refractivity contribution in [3.05, 3.63) is 106 Å². The van der Waals surface area contributed by atoms with Gasteiger partial charge in [-0.1, -0.05) is 66.7 Å². The van der Waals surface area contributed by atoms with Crippen LogP contribution in [0.2, 0.25) is 0 Å². The second kappa shape index (κ2) is 8.23. The molecule has 0 atom stereocenters. The molecule has 0 aliphatic rings. The van der Waals surface area contributed by atoms with E-state index in [1.807, 2.05) is 70.2 Å².